The third-order valence-corrected chi connectivity index (χ3v) is 3.33. The molecule has 0 amide bonds. The standard InChI is InChI=1S/C16H21N3/c1-11-6-12(2)8-13(7-11)9-16(18-3)14-10-19-5-4-15(14)17/h4-8,10,16,18H,9H2,1-3H3,(H2,17,19). The van der Waals surface area contributed by atoms with Crippen LogP contribution in [0.4, 0.5) is 5.69 Å². The van der Waals surface area contributed by atoms with Gasteiger partial charge in [-0.1, -0.05) is 29.3 Å². The Hall–Kier alpha value is -1.87. The molecule has 1 atom stereocenters. The van der Waals surface area contributed by atoms with E-state index in [1.807, 2.05) is 19.3 Å². The highest BCUT2D eigenvalue weighted by Gasteiger charge is 2.13. The molecule has 0 radical (unpaired) electrons. The fourth-order valence-corrected chi connectivity index (χ4v) is 2.50. The average molecular weight is 255 g/mol. The van der Waals surface area contributed by atoms with E-state index in [4.69, 9.17) is 5.73 Å². The summed E-state index contributed by atoms with van der Waals surface area (Å²) < 4.78 is 0. The lowest BCUT2D eigenvalue weighted by molar-refractivity contribution is 0.591. The molecule has 1 aromatic heterocycles. The molecule has 3 nitrogen and oxygen atoms in total. The lowest BCUT2D eigenvalue weighted by Crippen LogP contribution is -2.20. The van der Waals surface area contributed by atoms with E-state index in [0.717, 1.165) is 17.7 Å². The van der Waals surface area contributed by atoms with E-state index >= 15 is 0 Å². The number of pyridine rings is 1. The maximum Gasteiger partial charge on any atom is 0.0394 e. The van der Waals surface area contributed by atoms with E-state index in [1.165, 1.54) is 16.7 Å². The Morgan fingerprint density at radius 1 is 1.21 bits per heavy atom. The zero-order valence-corrected chi connectivity index (χ0v) is 11.8. The number of nitrogens with one attached hydrogen (secondary N) is 1. The predicted molar refractivity (Wildman–Crippen MR) is 80.1 cm³/mol. The van der Waals surface area contributed by atoms with Crippen molar-refractivity contribution in [1.29, 1.82) is 0 Å². The number of aryl methyl sites for hydroxylation is 2. The van der Waals surface area contributed by atoms with Crippen molar-refractivity contribution in [2.75, 3.05) is 12.8 Å². The number of nitrogens with two attached hydrogens (primary N) is 1. The van der Waals surface area contributed by atoms with Crippen LogP contribution in [-0.4, -0.2) is 12.0 Å². The molecule has 1 heterocycles. The highest BCUT2D eigenvalue weighted by molar-refractivity contribution is 5.47. The highest BCUT2D eigenvalue weighted by Crippen LogP contribution is 2.23. The van der Waals surface area contributed by atoms with Crippen molar-refractivity contribution in [3.63, 3.8) is 0 Å². The van der Waals surface area contributed by atoms with Crippen molar-refractivity contribution in [1.82, 2.24) is 10.3 Å². The Balaban J connectivity index is 2.26. The summed E-state index contributed by atoms with van der Waals surface area (Å²) in [4.78, 5) is 4.17. The molecule has 0 saturated heterocycles. The van der Waals surface area contributed by atoms with Crippen molar-refractivity contribution >= 4 is 5.69 Å². The Bertz CT molecular complexity index is 543. The molecule has 2 rings (SSSR count). The van der Waals surface area contributed by atoms with E-state index in [9.17, 15) is 0 Å². The predicted octanol–water partition coefficient (Wildman–Crippen LogP) is 2.78. The first-order valence-corrected chi connectivity index (χ1v) is 6.54. The third-order valence-electron chi connectivity index (χ3n) is 3.33. The molecule has 0 aliphatic carbocycles. The van der Waals surface area contributed by atoms with Crippen LogP contribution in [0.2, 0.25) is 0 Å². The van der Waals surface area contributed by atoms with Gasteiger partial charge < -0.3 is 11.1 Å². The molecular formula is C16H21N3. The number of benzene rings is 1. The molecule has 0 fully saturated rings. The molecule has 0 spiro atoms. The SMILES string of the molecule is CNC(Cc1cc(C)cc(C)c1)c1cnccc1N. The fraction of sp³-hybridized carbons (Fsp3) is 0.312. The zero-order valence-electron chi connectivity index (χ0n) is 11.8. The molecule has 100 valence electrons. The summed E-state index contributed by atoms with van der Waals surface area (Å²) in [6, 6.07) is 8.68. The van der Waals surface area contributed by atoms with Crippen LogP contribution in [0, 0.1) is 13.8 Å². The van der Waals surface area contributed by atoms with Gasteiger partial charge in [0.15, 0.2) is 0 Å². The third kappa shape index (κ3) is 3.32. The molecule has 2 aromatic rings. The van der Waals surface area contributed by atoms with Gasteiger partial charge in [0.2, 0.25) is 0 Å². The summed E-state index contributed by atoms with van der Waals surface area (Å²) in [5, 5.41) is 3.33. The van der Waals surface area contributed by atoms with Crippen LogP contribution in [0.3, 0.4) is 0 Å². The van der Waals surface area contributed by atoms with E-state index in [2.05, 4.69) is 42.3 Å². The molecular weight excluding hydrogens is 234 g/mol. The Morgan fingerprint density at radius 3 is 2.47 bits per heavy atom. The molecule has 1 unspecified atom stereocenters. The number of hydrogen-bond acceptors (Lipinski definition) is 3. The average Bonchev–Trinajstić information content (AvgIpc) is 2.36. The van der Waals surface area contributed by atoms with Gasteiger partial charge in [-0.25, -0.2) is 0 Å². The number of nitrogens with zero attached hydrogens (tertiary/aromatic N) is 1. The van der Waals surface area contributed by atoms with Crippen LogP contribution in [0.1, 0.15) is 28.3 Å². The summed E-state index contributed by atoms with van der Waals surface area (Å²) in [7, 11) is 1.96. The van der Waals surface area contributed by atoms with Crippen LogP contribution in [0.25, 0.3) is 0 Å². The van der Waals surface area contributed by atoms with Gasteiger partial charge >= 0.3 is 0 Å². The minimum absolute atomic E-state index is 0.190. The Kier molecular flexibility index (Phi) is 4.17. The second kappa shape index (κ2) is 5.85. The van der Waals surface area contributed by atoms with Crippen molar-refractivity contribution in [2.24, 2.45) is 0 Å². The summed E-state index contributed by atoms with van der Waals surface area (Å²) in [5.41, 5.74) is 11.8. The number of anilines is 1. The topological polar surface area (TPSA) is 50.9 Å². The van der Waals surface area contributed by atoms with Gasteiger partial charge in [-0.05, 0) is 38.9 Å². The van der Waals surface area contributed by atoms with Crippen molar-refractivity contribution < 1.29 is 0 Å². The number of hydrogen-bond donors (Lipinski definition) is 2. The van der Waals surface area contributed by atoms with E-state index in [1.54, 1.807) is 6.20 Å². The number of aromatic nitrogens is 1. The van der Waals surface area contributed by atoms with E-state index in [-0.39, 0.29) is 6.04 Å². The first-order chi connectivity index (χ1) is 9.10. The largest absolute Gasteiger partial charge is 0.398 e. The van der Waals surface area contributed by atoms with Gasteiger partial charge in [-0.2, -0.15) is 0 Å². The van der Waals surface area contributed by atoms with Gasteiger partial charge in [0.25, 0.3) is 0 Å². The van der Waals surface area contributed by atoms with E-state index in [0.29, 0.717) is 0 Å². The molecule has 19 heavy (non-hydrogen) atoms. The molecule has 0 aliphatic heterocycles. The maximum absolute atomic E-state index is 6.03. The Labute approximate surface area is 114 Å². The first-order valence-electron chi connectivity index (χ1n) is 6.54. The summed E-state index contributed by atoms with van der Waals surface area (Å²) >= 11 is 0. The van der Waals surface area contributed by atoms with Gasteiger partial charge in [-0.15, -0.1) is 0 Å². The van der Waals surface area contributed by atoms with Crippen LogP contribution >= 0.6 is 0 Å². The highest BCUT2D eigenvalue weighted by atomic mass is 14.9. The number of rotatable bonds is 4. The maximum atomic E-state index is 6.03. The molecule has 0 bridgehead atoms. The lowest BCUT2D eigenvalue weighted by Gasteiger charge is -2.18. The molecule has 1 aromatic carbocycles. The minimum Gasteiger partial charge on any atom is -0.398 e. The van der Waals surface area contributed by atoms with Gasteiger partial charge in [0, 0.05) is 29.7 Å². The fourth-order valence-electron chi connectivity index (χ4n) is 2.50. The molecule has 0 saturated carbocycles. The van der Waals surface area contributed by atoms with Gasteiger partial charge in [0.1, 0.15) is 0 Å². The second-order valence-electron chi connectivity index (χ2n) is 5.05. The van der Waals surface area contributed by atoms with Gasteiger partial charge in [0.05, 0.1) is 0 Å². The van der Waals surface area contributed by atoms with Crippen molar-refractivity contribution in [3.05, 3.63) is 58.9 Å². The zero-order chi connectivity index (χ0) is 13.8. The quantitative estimate of drug-likeness (QED) is 0.883. The first kappa shape index (κ1) is 13.6. The summed E-state index contributed by atoms with van der Waals surface area (Å²) in [6.45, 7) is 4.26. The van der Waals surface area contributed by atoms with Crippen LogP contribution in [0.5, 0.6) is 0 Å². The van der Waals surface area contributed by atoms with Gasteiger partial charge in [-0.3, -0.25) is 4.98 Å². The monoisotopic (exact) mass is 255 g/mol. The minimum atomic E-state index is 0.190. The molecule has 3 N–H and O–H groups in total. The molecule has 3 heteroatoms. The lowest BCUT2D eigenvalue weighted by atomic mass is 9.97. The van der Waals surface area contributed by atoms with Crippen LogP contribution in [0.15, 0.2) is 36.7 Å². The van der Waals surface area contributed by atoms with Crippen LogP contribution in [-0.2, 0) is 6.42 Å². The molecule has 0 aliphatic rings. The summed E-state index contributed by atoms with van der Waals surface area (Å²) in [6.07, 6.45) is 4.48. The van der Waals surface area contributed by atoms with Crippen molar-refractivity contribution in [2.45, 2.75) is 26.3 Å². The van der Waals surface area contributed by atoms with E-state index < -0.39 is 0 Å². The Morgan fingerprint density at radius 2 is 1.89 bits per heavy atom. The second-order valence-corrected chi connectivity index (χ2v) is 5.05. The number of likely N-dealkylation sites (N-methyl/N-ethyl adjacent to an activating group) is 1. The summed E-state index contributed by atoms with van der Waals surface area (Å²) in [5.74, 6) is 0. The smallest absolute Gasteiger partial charge is 0.0394 e. The normalized spacial score (nSPS) is 12.4. The van der Waals surface area contributed by atoms with Crippen molar-refractivity contribution in [3.8, 4) is 0 Å². The number of nitrogen functional groups attached to an aromatic ring is 1. The van der Waals surface area contributed by atoms with Crippen LogP contribution < -0.4 is 11.1 Å².